The van der Waals surface area contributed by atoms with Crippen molar-refractivity contribution in [1.82, 2.24) is 24.9 Å². The molecule has 0 radical (unpaired) electrons. The fourth-order valence-corrected chi connectivity index (χ4v) is 1.51. The first-order valence-electron chi connectivity index (χ1n) is 5.33. The van der Waals surface area contributed by atoms with Gasteiger partial charge in [-0.15, -0.1) is 0 Å². The minimum Gasteiger partial charge on any atom is -0.435 e. The van der Waals surface area contributed by atoms with Gasteiger partial charge in [0.2, 0.25) is 5.95 Å². The number of imidazole rings is 1. The van der Waals surface area contributed by atoms with Crippen LogP contribution in [0.1, 0.15) is 0 Å². The van der Waals surface area contributed by atoms with Crippen LogP contribution in [0.3, 0.4) is 0 Å². The quantitative estimate of drug-likeness (QED) is 0.724. The molecule has 0 aliphatic heterocycles. The third-order valence-corrected chi connectivity index (χ3v) is 2.32. The maximum Gasteiger partial charge on any atom is 0.250 e. The van der Waals surface area contributed by atoms with Crippen LogP contribution in [0.15, 0.2) is 30.9 Å². The number of hydrogen-bond acceptors (Lipinski definition) is 6. The smallest absolute Gasteiger partial charge is 0.250 e. The first-order valence-corrected chi connectivity index (χ1v) is 5.33. The zero-order valence-corrected chi connectivity index (χ0v) is 9.58. The highest BCUT2D eigenvalue weighted by Gasteiger charge is 2.11. The van der Waals surface area contributed by atoms with Gasteiger partial charge in [0.25, 0.3) is 5.88 Å². The molecular weight excluding hydrogens is 232 g/mol. The predicted octanol–water partition coefficient (Wildman–Crippen LogP) is 1.58. The van der Waals surface area contributed by atoms with E-state index in [1.54, 1.807) is 37.9 Å². The van der Waals surface area contributed by atoms with Crippen molar-refractivity contribution in [2.24, 2.45) is 0 Å². The van der Waals surface area contributed by atoms with Gasteiger partial charge >= 0.3 is 0 Å². The Balaban J connectivity index is 2.07. The Morgan fingerprint density at radius 1 is 1.33 bits per heavy atom. The molecule has 0 aliphatic carbocycles. The van der Waals surface area contributed by atoms with E-state index in [9.17, 15) is 0 Å². The number of aromatic nitrogens is 5. The average Bonchev–Trinajstić information content (AvgIpc) is 2.88. The van der Waals surface area contributed by atoms with Gasteiger partial charge < -0.3 is 15.0 Å². The molecule has 0 bridgehead atoms. The molecule has 0 fully saturated rings. The molecule has 0 atom stereocenters. The molecule has 90 valence electrons. The largest absolute Gasteiger partial charge is 0.435 e. The van der Waals surface area contributed by atoms with Crippen molar-refractivity contribution in [3.8, 4) is 11.6 Å². The summed E-state index contributed by atoms with van der Waals surface area (Å²) in [5.74, 6) is 1.47. The van der Waals surface area contributed by atoms with Crippen molar-refractivity contribution in [1.29, 1.82) is 0 Å². The van der Waals surface area contributed by atoms with Crippen LogP contribution in [0, 0.1) is 0 Å². The summed E-state index contributed by atoms with van der Waals surface area (Å²) in [7, 11) is 1.74. The summed E-state index contributed by atoms with van der Waals surface area (Å²) in [6.45, 7) is 0. The number of rotatable bonds is 3. The molecule has 0 unspecified atom stereocenters. The van der Waals surface area contributed by atoms with Crippen molar-refractivity contribution in [3.05, 3.63) is 30.9 Å². The Bertz CT molecular complexity index is 666. The van der Waals surface area contributed by atoms with Crippen LogP contribution < -0.4 is 10.1 Å². The second-order valence-corrected chi connectivity index (χ2v) is 3.49. The maximum atomic E-state index is 5.67. The van der Waals surface area contributed by atoms with E-state index in [1.165, 1.54) is 0 Å². The van der Waals surface area contributed by atoms with Crippen LogP contribution in [0.4, 0.5) is 5.95 Å². The molecule has 0 aliphatic rings. The van der Waals surface area contributed by atoms with Gasteiger partial charge in [-0.2, -0.15) is 9.97 Å². The van der Waals surface area contributed by atoms with Crippen molar-refractivity contribution >= 4 is 17.1 Å². The first kappa shape index (κ1) is 10.5. The zero-order chi connectivity index (χ0) is 12.4. The number of anilines is 1. The summed E-state index contributed by atoms with van der Waals surface area (Å²) < 4.78 is 5.67. The van der Waals surface area contributed by atoms with Crippen molar-refractivity contribution in [3.63, 3.8) is 0 Å². The average molecular weight is 242 g/mol. The number of pyridine rings is 1. The van der Waals surface area contributed by atoms with Crippen LogP contribution in [-0.2, 0) is 0 Å². The van der Waals surface area contributed by atoms with Crippen LogP contribution in [0.2, 0.25) is 0 Å². The highest BCUT2D eigenvalue weighted by atomic mass is 16.5. The second-order valence-electron chi connectivity index (χ2n) is 3.49. The molecule has 0 saturated heterocycles. The van der Waals surface area contributed by atoms with Crippen LogP contribution in [0.5, 0.6) is 11.6 Å². The SMILES string of the molecule is CNc1nc(Oc2cccnc2)c2[nH]cnc2n1. The minimum atomic E-state index is 0.412. The number of fused-ring (bicyclic) bond motifs is 1. The van der Waals surface area contributed by atoms with Crippen LogP contribution in [-0.4, -0.2) is 32.0 Å². The molecule has 7 heteroatoms. The summed E-state index contributed by atoms with van der Waals surface area (Å²) in [4.78, 5) is 19.5. The van der Waals surface area contributed by atoms with E-state index in [1.807, 2.05) is 0 Å². The van der Waals surface area contributed by atoms with Gasteiger partial charge in [0.15, 0.2) is 5.65 Å². The lowest BCUT2D eigenvalue weighted by Gasteiger charge is -2.06. The number of nitrogens with zero attached hydrogens (tertiary/aromatic N) is 4. The molecule has 0 spiro atoms. The summed E-state index contributed by atoms with van der Waals surface area (Å²) in [6, 6.07) is 3.59. The van der Waals surface area contributed by atoms with Crippen molar-refractivity contribution in [2.45, 2.75) is 0 Å². The van der Waals surface area contributed by atoms with Gasteiger partial charge in [0.1, 0.15) is 11.3 Å². The van der Waals surface area contributed by atoms with Gasteiger partial charge in [-0.05, 0) is 12.1 Å². The van der Waals surface area contributed by atoms with E-state index in [-0.39, 0.29) is 0 Å². The molecule has 18 heavy (non-hydrogen) atoms. The van der Waals surface area contributed by atoms with Gasteiger partial charge in [-0.3, -0.25) is 4.98 Å². The summed E-state index contributed by atoms with van der Waals surface area (Å²) >= 11 is 0. The molecule has 3 aromatic rings. The van der Waals surface area contributed by atoms with Gasteiger partial charge in [0.05, 0.1) is 12.5 Å². The van der Waals surface area contributed by atoms with Crippen molar-refractivity contribution in [2.75, 3.05) is 12.4 Å². The normalized spacial score (nSPS) is 10.5. The van der Waals surface area contributed by atoms with Crippen LogP contribution in [0.25, 0.3) is 11.2 Å². The number of ether oxygens (including phenoxy) is 1. The van der Waals surface area contributed by atoms with E-state index in [0.717, 1.165) is 0 Å². The Morgan fingerprint density at radius 2 is 2.28 bits per heavy atom. The van der Waals surface area contributed by atoms with Crippen molar-refractivity contribution < 1.29 is 4.74 Å². The molecule has 2 N–H and O–H groups in total. The Kier molecular flexibility index (Phi) is 2.49. The maximum absolute atomic E-state index is 5.67. The number of H-pyrrole nitrogens is 1. The number of aromatic amines is 1. The van der Waals surface area contributed by atoms with Gasteiger partial charge in [-0.25, -0.2) is 4.98 Å². The highest BCUT2D eigenvalue weighted by molar-refractivity contribution is 5.77. The molecule has 7 nitrogen and oxygen atoms in total. The Labute approximate surface area is 102 Å². The lowest BCUT2D eigenvalue weighted by Crippen LogP contribution is -1.99. The summed E-state index contributed by atoms with van der Waals surface area (Å²) in [5.41, 5.74) is 1.20. The highest BCUT2D eigenvalue weighted by Crippen LogP contribution is 2.25. The van der Waals surface area contributed by atoms with Gasteiger partial charge in [0, 0.05) is 13.2 Å². The second kappa shape index (κ2) is 4.28. The first-order chi connectivity index (χ1) is 8.86. The molecule has 0 saturated carbocycles. The molecule has 3 aromatic heterocycles. The lowest BCUT2D eigenvalue weighted by molar-refractivity contribution is 0.466. The monoisotopic (exact) mass is 242 g/mol. The standard InChI is InChI=1S/C11H10N6O/c1-12-11-16-9-8(14-6-15-9)10(17-11)18-7-3-2-4-13-5-7/h2-6H,1H3,(H2,12,14,15,16,17). The number of nitrogens with one attached hydrogen (secondary N) is 2. The summed E-state index contributed by atoms with van der Waals surface area (Å²) in [6.07, 6.45) is 4.84. The fraction of sp³-hybridized carbons (Fsp3) is 0.0909. The zero-order valence-electron chi connectivity index (χ0n) is 9.58. The minimum absolute atomic E-state index is 0.412. The Morgan fingerprint density at radius 3 is 3.06 bits per heavy atom. The van der Waals surface area contributed by atoms with Gasteiger partial charge in [-0.1, -0.05) is 0 Å². The number of hydrogen-bond donors (Lipinski definition) is 2. The molecule has 3 rings (SSSR count). The third-order valence-electron chi connectivity index (χ3n) is 2.32. The molecule has 0 aromatic carbocycles. The van der Waals surface area contributed by atoms with E-state index in [2.05, 4.69) is 30.2 Å². The third kappa shape index (κ3) is 1.81. The van der Waals surface area contributed by atoms with E-state index in [4.69, 9.17) is 4.74 Å². The van der Waals surface area contributed by atoms with Crippen LogP contribution >= 0.6 is 0 Å². The lowest BCUT2D eigenvalue weighted by atomic mass is 10.4. The Hall–Kier alpha value is -2.70. The molecular formula is C11H10N6O. The fourth-order valence-electron chi connectivity index (χ4n) is 1.51. The summed E-state index contributed by atoms with van der Waals surface area (Å²) in [5, 5.41) is 2.86. The predicted molar refractivity (Wildman–Crippen MR) is 65.5 cm³/mol. The van der Waals surface area contributed by atoms with E-state index in [0.29, 0.717) is 28.7 Å². The topological polar surface area (TPSA) is 88.6 Å². The van der Waals surface area contributed by atoms with E-state index < -0.39 is 0 Å². The van der Waals surface area contributed by atoms with E-state index >= 15 is 0 Å². The molecule has 0 amide bonds. The molecule has 3 heterocycles.